The molecule has 1 heterocycles. The number of amides is 1. The number of thioether (sulfide) groups is 1. The molecule has 0 atom stereocenters. The van der Waals surface area contributed by atoms with Crippen molar-refractivity contribution in [1.29, 1.82) is 5.41 Å². The first-order chi connectivity index (χ1) is 8.88. The number of nitrogens with one attached hydrogen (secondary N) is 1. The van der Waals surface area contributed by atoms with E-state index in [-0.39, 0.29) is 28.5 Å². The Kier molecular flexibility index (Phi) is 3.66. The third-order valence-corrected chi connectivity index (χ3v) is 3.26. The number of hydrogen-bond donors (Lipinski definition) is 1. The van der Waals surface area contributed by atoms with Crippen LogP contribution in [0.3, 0.4) is 0 Å². The lowest BCUT2D eigenvalue weighted by Gasteiger charge is -2.17. The van der Waals surface area contributed by atoms with Crippen LogP contribution in [0.4, 0.5) is 18.9 Å². The molecule has 3 nitrogen and oxygen atoms in total. The summed E-state index contributed by atoms with van der Waals surface area (Å²) in [6, 6.07) is 6.19. The lowest BCUT2D eigenvalue weighted by molar-refractivity contribution is -0.115. The van der Waals surface area contributed by atoms with Crippen molar-refractivity contribution in [3.63, 3.8) is 0 Å². The Morgan fingerprint density at radius 3 is 2.58 bits per heavy atom. The molecule has 7 heteroatoms. The van der Waals surface area contributed by atoms with Gasteiger partial charge in [0.15, 0.2) is 5.17 Å². The molecular formula is C12H9F3N2OS. The Morgan fingerprint density at radius 2 is 2.00 bits per heavy atom. The molecule has 1 aromatic carbocycles. The number of anilines is 1. The minimum absolute atomic E-state index is 0.0258. The van der Waals surface area contributed by atoms with Crippen LogP contribution in [0.2, 0.25) is 0 Å². The van der Waals surface area contributed by atoms with Gasteiger partial charge in [0, 0.05) is 6.08 Å². The highest BCUT2D eigenvalue weighted by molar-refractivity contribution is 8.15. The van der Waals surface area contributed by atoms with Crippen LogP contribution in [0.5, 0.6) is 0 Å². The summed E-state index contributed by atoms with van der Waals surface area (Å²) < 4.78 is 36.6. The summed E-state index contributed by atoms with van der Waals surface area (Å²) in [5.74, 6) is -0.168. The zero-order valence-corrected chi connectivity index (χ0v) is 10.4. The van der Waals surface area contributed by atoms with Gasteiger partial charge in [-0.2, -0.15) is 13.2 Å². The minimum Gasteiger partial charge on any atom is -0.278 e. The lowest BCUT2D eigenvalue weighted by Crippen LogP contribution is -2.29. The molecule has 0 bridgehead atoms. The number of alkyl halides is 3. The molecule has 0 unspecified atom stereocenters. The Balaban J connectivity index is 2.39. The molecule has 1 aliphatic rings. The summed E-state index contributed by atoms with van der Waals surface area (Å²) in [6.07, 6.45) is -3.40. The SMILES string of the molecule is N=C1SCC(=O)N1c1ccccc1C=CC(F)(F)F. The second-order valence-corrected chi connectivity index (χ2v) is 4.72. The average molecular weight is 286 g/mol. The molecule has 0 spiro atoms. The fourth-order valence-corrected chi connectivity index (χ4v) is 2.35. The number of amidine groups is 1. The average Bonchev–Trinajstić information content (AvgIpc) is 2.66. The summed E-state index contributed by atoms with van der Waals surface area (Å²) >= 11 is 1.05. The molecule has 1 aliphatic heterocycles. The maximum Gasteiger partial charge on any atom is 0.409 e. The Bertz CT molecular complexity index is 538. The van der Waals surface area contributed by atoms with E-state index >= 15 is 0 Å². The van der Waals surface area contributed by atoms with Gasteiger partial charge < -0.3 is 0 Å². The Hall–Kier alpha value is -1.76. The van der Waals surface area contributed by atoms with Crippen molar-refractivity contribution in [3.8, 4) is 0 Å². The highest BCUT2D eigenvalue weighted by atomic mass is 32.2. The molecule has 19 heavy (non-hydrogen) atoms. The summed E-state index contributed by atoms with van der Waals surface area (Å²) in [5.41, 5.74) is 0.545. The second-order valence-electron chi connectivity index (χ2n) is 3.76. The van der Waals surface area contributed by atoms with Gasteiger partial charge in [-0.3, -0.25) is 15.1 Å². The first-order valence-electron chi connectivity index (χ1n) is 5.28. The van der Waals surface area contributed by atoms with Crippen LogP contribution in [0.15, 0.2) is 30.3 Å². The van der Waals surface area contributed by atoms with E-state index < -0.39 is 6.18 Å². The molecule has 0 saturated carbocycles. The number of para-hydroxylation sites is 1. The highest BCUT2D eigenvalue weighted by Gasteiger charge is 2.29. The van der Waals surface area contributed by atoms with Crippen molar-refractivity contribution in [3.05, 3.63) is 35.9 Å². The van der Waals surface area contributed by atoms with E-state index in [1.54, 1.807) is 12.1 Å². The summed E-state index contributed by atoms with van der Waals surface area (Å²) in [5, 5.41) is 7.67. The normalized spacial score (nSPS) is 16.7. The monoisotopic (exact) mass is 286 g/mol. The lowest BCUT2D eigenvalue weighted by atomic mass is 10.1. The third-order valence-electron chi connectivity index (χ3n) is 2.41. The molecule has 0 aliphatic carbocycles. The number of allylic oxidation sites excluding steroid dienone is 1. The van der Waals surface area contributed by atoms with Crippen LogP contribution in [0.1, 0.15) is 5.56 Å². The zero-order chi connectivity index (χ0) is 14.0. The molecule has 1 amide bonds. The van der Waals surface area contributed by atoms with Crippen LogP contribution >= 0.6 is 11.8 Å². The van der Waals surface area contributed by atoms with Crippen molar-refractivity contribution in [2.45, 2.75) is 6.18 Å². The third kappa shape index (κ3) is 3.17. The van der Waals surface area contributed by atoms with E-state index in [1.807, 2.05) is 0 Å². The van der Waals surface area contributed by atoms with Crippen molar-refractivity contribution < 1.29 is 18.0 Å². The molecule has 1 N–H and O–H groups in total. The second kappa shape index (κ2) is 5.08. The summed E-state index contributed by atoms with van der Waals surface area (Å²) in [7, 11) is 0. The molecule has 2 rings (SSSR count). The predicted octanol–water partition coefficient (Wildman–Crippen LogP) is 3.28. The smallest absolute Gasteiger partial charge is 0.278 e. The van der Waals surface area contributed by atoms with E-state index in [9.17, 15) is 18.0 Å². The quantitative estimate of drug-likeness (QED) is 0.906. The van der Waals surface area contributed by atoms with E-state index in [1.165, 1.54) is 12.1 Å². The number of carbonyl (C=O) groups excluding carboxylic acids is 1. The topological polar surface area (TPSA) is 44.2 Å². The van der Waals surface area contributed by atoms with Gasteiger partial charge >= 0.3 is 6.18 Å². The zero-order valence-electron chi connectivity index (χ0n) is 9.57. The number of rotatable bonds is 2. The van der Waals surface area contributed by atoms with Crippen molar-refractivity contribution in [2.24, 2.45) is 0 Å². The number of carbonyl (C=O) groups is 1. The van der Waals surface area contributed by atoms with E-state index in [0.717, 1.165) is 22.7 Å². The van der Waals surface area contributed by atoms with E-state index in [4.69, 9.17) is 5.41 Å². The molecule has 0 radical (unpaired) electrons. The fraction of sp³-hybridized carbons (Fsp3) is 0.167. The van der Waals surface area contributed by atoms with Gasteiger partial charge in [-0.1, -0.05) is 30.0 Å². The molecule has 100 valence electrons. The van der Waals surface area contributed by atoms with Crippen molar-refractivity contribution >= 4 is 34.6 Å². The van der Waals surface area contributed by atoms with Crippen LogP contribution in [0.25, 0.3) is 6.08 Å². The van der Waals surface area contributed by atoms with Gasteiger partial charge in [0.2, 0.25) is 5.91 Å². The molecule has 0 aromatic heterocycles. The predicted molar refractivity (Wildman–Crippen MR) is 69.2 cm³/mol. The number of halogens is 3. The van der Waals surface area contributed by atoms with Crippen LogP contribution < -0.4 is 4.90 Å². The number of nitrogens with zero attached hydrogens (tertiary/aromatic N) is 1. The maximum absolute atomic E-state index is 12.2. The highest BCUT2D eigenvalue weighted by Crippen LogP contribution is 2.30. The first-order valence-corrected chi connectivity index (χ1v) is 6.26. The standard InChI is InChI=1S/C12H9F3N2OS/c13-12(14,15)6-5-8-3-1-2-4-9(8)17-10(18)7-19-11(17)16/h1-6,16H,7H2. The fourth-order valence-electron chi connectivity index (χ4n) is 1.63. The first kappa shape index (κ1) is 13.7. The minimum atomic E-state index is -4.41. The van der Waals surface area contributed by atoms with Gasteiger partial charge in [-0.05, 0) is 17.7 Å². The van der Waals surface area contributed by atoms with E-state index in [2.05, 4.69) is 0 Å². The number of hydrogen-bond acceptors (Lipinski definition) is 3. The van der Waals surface area contributed by atoms with Gasteiger partial charge in [0.25, 0.3) is 0 Å². The van der Waals surface area contributed by atoms with Crippen molar-refractivity contribution in [1.82, 2.24) is 0 Å². The number of benzene rings is 1. The van der Waals surface area contributed by atoms with Crippen LogP contribution in [-0.2, 0) is 4.79 Å². The molecule has 1 saturated heterocycles. The van der Waals surface area contributed by atoms with Gasteiger partial charge in [-0.15, -0.1) is 0 Å². The Morgan fingerprint density at radius 1 is 1.32 bits per heavy atom. The maximum atomic E-state index is 12.2. The summed E-state index contributed by atoms with van der Waals surface area (Å²) in [6.45, 7) is 0. The molecular weight excluding hydrogens is 277 g/mol. The van der Waals surface area contributed by atoms with Gasteiger partial charge in [-0.25, -0.2) is 0 Å². The molecule has 1 aromatic rings. The Labute approximate surface area is 111 Å². The molecule has 1 fully saturated rings. The van der Waals surface area contributed by atoms with Crippen LogP contribution in [-0.4, -0.2) is 23.0 Å². The van der Waals surface area contributed by atoms with Gasteiger partial charge in [0.1, 0.15) is 0 Å². The van der Waals surface area contributed by atoms with Crippen molar-refractivity contribution in [2.75, 3.05) is 10.7 Å². The van der Waals surface area contributed by atoms with Gasteiger partial charge in [0.05, 0.1) is 11.4 Å². The van der Waals surface area contributed by atoms with Crippen LogP contribution in [0, 0.1) is 5.41 Å². The largest absolute Gasteiger partial charge is 0.409 e. The summed E-state index contributed by atoms with van der Waals surface area (Å²) in [4.78, 5) is 12.8. The van der Waals surface area contributed by atoms with E-state index in [0.29, 0.717) is 5.69 Å².